The molecule has 2 aromatic rings. The second-order valence-electron chi connectivity index (χ2n) is 3.43. The first-order valence-electron chi connectivity index (χ1n) is 4.92. The normalized spacial score (nSPS) is 11.7. The number of furan rings is 1. The van der Waals surface area contributed by atoms with Gasteiger partial charge in [0.15, 0.2) is 6.29 Å². The fourth-order valence-electron chi connectivity index (χ4n) is 1.47. The van der Waals surface area contributed by atoms with Crippen LogP contribution in [0, 0.1) is 6.01 Å². The third-order valence-electron chi connectivity index (χ3n) is 2.16. The minimum absolute atomic E-state index is 0.175. The predicted molar refractivity (Wildman–Crippen MR) is 67.4 cm³/mol. The number of amides is 1. The molecule has 18 heavy (non-hydrogen) atoms. The topological polar surface area (TPSA) is 73.3 Å². The lowest BCUT2D eigenvalue weighted by molar-refractivity contribution is -0.104. The van der Waals surface area contributed by atoms with E-state index in [1.54, 1.807) is 18.2 Å². The van der Waals surface area contributed by atoms with E-state index in [9.17, 15) is 14.0 Å². The molecule has 0 fully saturated rings. The van der Waals surface area contributed by atoms with Crippen molar-refractivity contribution < 1.29 is 18.4 Å². The number of nitrogens with two attached hydrogens (primary N) is 1. The van der Waals surface area contributed by atoms with Crippen molar-refractivity contribution in [2.75, 3.05) is 0 Å². The Labute approximate surface area is 106 Å². The Kier molecular flexibility index (Phi) is 3.47. The molecule has 2 N–H and O–H groups in total. The Morgan fingerprint density at radius 2 is 2.17 bits per heavy atom. The van der Waals surface area contributed by atoms with E-state index in [0.717, 1.165) is 0 Å². The molecule has 1 amide bonds. The van der Waals surface area contributed by atoms with E-state index in [4.69, 9.17) is 10.2 Å². The average Bonchev–Trinajstić information content (AvgIpc) is 2.67. The maximum Gasteiger partial charge on any atom is 0.281 e. The molecule has 2 rings (SSSR count). The van der Waals surface area contributed by atoms with Gasteiger partial charge in [-0.3, -0.25) is 9.59 Å². The van der Waals surface area contributed by atoms with Gasteiger partial charge in [-0.05, 0) is 29.5 Å². The molecule has 0 unspecified atom stereocenters. The van der Waals surface area contributed by atoms with Crippen LogP contribution < -0.4 is 5.73 Å². The fourth-order valence-corrected chi connectivity index (χ4v) is 1.95. The third kappa shape index (κ3) is 2.78. The van der Waals surface area contributed by atoms with Crippen LogP contribution in [0.5, 0.6) is 0 Å². The van der Waals surface area contributed by atoms with E-state index in [0.29, 0.717) is 34.6 Å². The molecule has 0 aliphatic carbocycles. The molecule has 0 saturated heterocycles. The highest BCUT2D eigenvalue weighted by Crippen LogP contribution is 2.23. The first-order valence-corrected chi connectivity index (χ1v) is 5.73. The number of benzene rings is 1. The van der Waals surface area contributed by atoms with Crippen LogP contribution in [0.15, 0.2) is 33.6 Å². The van der Waals surface area contributed by atoms with Gasteiger partial charge in [-0.15, -0.1) is 0 Å². The SMILES string of the molecule is NC(=O)S/C(C=O)=C\c1ccc2cc(F)oc2c1. The summed E-state index contributed by atoms with van der Waals surface area (Å²) in [6.07, 6.45) is 2.00. The molecule has 0 bridgehead atoms. The summed E-state index contributed by atoms with van der Waals surface area (Å²) in [6, 6.07) is 5.51. The van der Waals surface area contributed by atoms with Crippen LogP contribution in [0.1, 0.15) is 5.56 Å². The Balaban J connectivity index is 2.37. The number of allylic oxidation sites excluding steroid dienone is 1. The van der Waals surface area contributed by atoms with Gasteiger partial charge in [0.25, 0.3) is 11.3 Å². The van der Waals surface area contributed by atoms with Crippen molar-refractivity contribution in [2.45, 2.75) is 0 Å². The lowest BCUT2D eigenvalue weighted by Gasteiger charge is -1.97. The van der Waals surface area contributed by atoms with Crippen molar-refractivity contribution in [3.8, 4) is 0 Å². The minimum Gasteiger partial charge on any atom is -0.431 e. The van der Waals surface area contributed by atoms with Gasteiger partial charge in [-0.2, -0.15) is 4.39 Å². The van der Waals surface area contributed by atoms with Gasteiger partial charge in [0.2, 0.25) is 0 Å². The highest BCUT2D eigenvalue weighted by Gasteiger charge is 2.05. The summed E-state index contributed by atoms with van der Waals surface area (Å²) in [6.45, 7) is 0. The van der Waals surface area contributed by atoms with Gasteiger partial charge in [0.1, 0.15) is 5.58 Å². The largest absolute Gasteiger partial charge is 0.431 e. The number of primary amides is 1. The van der Waals surface area contributed by atoms with Crippen LogP contribution >= 0.6 is 11.8 Å². The third-order valence-corrected chi connectivity index (χ3v) is 2.81. The summed E-state index contributed by atoms with van der Waals surface area (Å²) >= 11 is 0.632. The molecule has 0 aliphatic heterocycles. The summed E-state index contributed by atoms with van der Waals surface area (Å²) in [5.74, 6) is 0. The number of halogens is 1. The zero-order valence-corrected chi connectivity index (χ0v) is 9.87. The number of fused-ring (bicyclic) bond motifs is 1. The minimum atomic E-state index is -0.673. The standard InChI is InChI=1S/C12H8FNO3S/c13-11-5-8-2-1-7(4-10(8)17-11)3-9(6-15)18-12(14)16/h1-6H,(H2,14,16)/b9-3-. The Morgan fingerprint density at radius 3 is 2.83 bits per heavy atom. The molecule has 0 radical (unpaired) electrons. The molecular weight excluding hydrogens is 257 g/mol. The fraction of sp³-hybridized carbons (Fsp3) is 0. The number of hydrogen-bond acceptors (Lipinski definition) is 4. The predicted octanol–water partition coefficient (Wildman–Crippen LogP) is 2.92. The van der Waals surface area contributed by atoms with E-state index in [1.165, 1.54) is 12.1 Å². The van der Waals surface area contributed by atoms with Crippen molar-refractivity contribution >= 4 is 40.3 Å². The van der Waals surface area contributed by atoms with Crippen LogP contribution in [0.3, 0.4) is 0 Å². The van der Waals surface area contributed by atoms with Crippen molar-refractivity contribution in [2.24, 2.45) is 5.73 Å². The van der Waals surface area contributed by atoms with Crippen molar-refractivity contribution in [1.29, 1.82) is 0 Å². The van der Waals surface area contributed by atoms with E-state index in [2.05, 4.69) is 0 Å². The Morgan fingerprint density at radius 1 is 1.39 bits per heavy atom. The summed E-state index contributed by atoms with van der Waals surface area (Å²) in [5.41, 5.74) is 5.96. The number of carbonyl (C=O) groups excluding carboxylic acids is 2. The molecule has 1 heterocycles. The number of aldehydes is 1. The zero-order valence-electron chi connectivity index (χ0n) is 9.05. The molecule has 1 aromatic carbocycles. The van der Waals surface area contributed by atoms with Crippen LogP contribution in [-0.4, -0.2) is 11.5 Å². The molecule has 0 atom stereocenters. The molecule has 6 heteroatoms. The smallest absolute Gasteiger partial charge is 0.281 e. The first-order chi connectivity index (χ1) is 8.58. The molecular formula is C12H8FNO3S. The number of thioether (sulfide) groups is 1. The molecule has 0 aliphatic rings. The zero-order chi connectivity index (χ0) is 13.1. The Hall–Kier alpha value is -2.08. The lowest BCUT2D eigenvalue weighted by atomic mass is 10.1. The number of rotatable bonds is 3. The maximum absolute atomic E-state index is 12.9. The molecule has 4 nitrogen and oxygen atoms in total. The summed E-state index contributed by atoms with van der Waals surface area (Å²) < 4.78 is 17.7. The highest BCUT2D eigenvalue weighted by molar-refractivity contribution is 8.17. The van der Waals surface area contributed by atoms with E-state index in [-0.39, 0.29) is 4.91 Å². The average molecular weight is 265 g/mol. The maximum atomic E-state index is 12.9. The molecule has 92 valence electrons. The molecule has 0 spiro atoms. The summed E-state index contributed by atoms with van der Waals surface area (Å²) in [7, 11) is 0. The van der Waals surface area contributed by atoms with E-state index < -0.39 is 11.3 Å². The second-order valence-corrected chi connectivity index (χ2v) is 4.51. The van der Waals surface area contributed by atoms with Gasteiger partial charge >= 0.3 is 0 Å². The first kappa shape index (κ1) is 12.4. The second kappa shape index (κ2) is 5.05. The summed E-state index contributed by atoms with van der Waals surface area (Å²) in [4.78, 5) is 21.6. The van der Waals surface area contributed by atoms with Crippen molar-refractivity contribution in [3.63, 3.8) is 0 Å². The Bertz CT molecular complexity index is 648. The van der Waals surface area contributed by atoms with E-state index >= 15 is 0 Å². The van der Waals surface area contributed by atoms with Gasteiger partial charge < -0.3 is 10.2 Å². The quantitative estimate of drug-likeness (QED) is 0.684. The molecule has 0 saturated carbocycles. The van der Waals surface area contributed by atoms with Crippen LogP contribution in [0.2, 0.25) is 0 Å². The van der Waals surface area contributed by atoms with Crippen LogP contribution in [0.4, 0.5) is 9.18 Å². The molecule has 1 aromatic heterocycles. The van der Waals surface area contributed by atoms with Crippen molar-refractivity contribution in [3.05, 3.63) is 40.7 Å². The van der Waals surface area contributed by atoms with Gasteiger partial charge in [-0.1, -0.05) is 12.1 Å². The highest BCUT2D eigenvalue weighted by atomic mass is 32.2. The van der Waals surface area contributed by atoms with Crippen LogP contribution in [-0.2, 0) is 4.79 Å². The van der Waals surface area contributed by atoms with Gasteiger partial charge in [-0.25, -0.2) is 0 Å². The number of carbonyl (C=O) groups is 2. The van der Waals surface area contributed by atoms with Gasteiger partial charge in [0, 0.05) is 11.5 Å². The lowest BCUT2D eigenvalue weighted by Crippen LogP contribution is -2.02. The van der Waals surface area contributed by atoms with Gasteiger partial charge in [0.05, 0.1) is 4.91 Å². The van der Waals surface area contributed by atoms with Crippen molar-refractivity contribution in [1.82, 2.24) is 0 Å². The summed E-state index contributed by atoms with van der Waals surface area (Å²) in [5, 5.41) is -0.0432. The van der Waals surface area contributed by atoms with Crippen LogP contribution in [0.25, 0.3) is 17.0 Å². The monoisotopic (exact) mass is 265 g/mol. The van der Waals surface area contributed by atoms with E-state index in [1.807, 2.05) is 0 Å². The number of hydrogen-bond donors (Lipinski definition) is 1.